The highest BCUT2D eigenvalue weighted by atomic mass is 32.1. The number of hydrogen-bond donors (Lipinski definition) is 2. The van der Waals surface area contributed by atoms with E-state index in [0.717, 1.165) is 36.1 Å². The van der Waals surface area contributed by atoms with Gasteiger partial charge in [0.25, 0.3) is 5.91 Å². The molecule has 0 unspecified atom stereocenters. The van der Waals surface area contributed by atoms with Crippen LogP contribution in [-0.2, 0) is 13.6 Å². The van der Waals surface area contributed by atoms with Crippen molar-refractivity contribution in [2.45, 2.75) is 25.1 Å². The third kappa shape index (κ3) is 3.38. The fourth-order valence-corrected chi connectivity index (χ4v) is 4.15. The van der Waals surface area contributed by atoms with Crippen molar-refractivity contribution in [1.82, 2.24) is 19.8 Å². The molecule has 1 aliphatic heterocycles. The van der Waals surface area contributed by atoms with Crippen LogP contribution in [0.1, 0.15) is 22.6 Å². The Kier molecular flexibility index (Phi) is 4.76. The summed E-state index contributed by atoms with van der Waals surface area (Å²) in [6.45, 7) is 2.11. The fraction of sp³-hybridized carbons (Fsp3) is 0.368. The number of β-amino-alcohol motifs (C(OH)–C–C–N with tert-alkyl or cyclic N) is 1. The highest BCUT2D eigenvalue weighted by Gasteiger charge is 2.30. The van der Waals surface area contributed by atoms with E-state index < -0.39 is 6.10 Å². The SMILES string of the molecule is Cn1c(C(=O)N[C@@H]2CCN(Cc3cscn3)C[C@H]2O)cc2ccccc21. The molecule has 7 heteroatoms. The number of aryl methyl sites for hydroxylation is 1. The summed E-state index contributed by atoms with van der Waals surface area (Å²) in [5.41, 5.74) is 4.49. The number of amides is 1. The number of thiazole rings is 1. The highest BCUT2D eigenvalue weighted by Crippen LogP contribution is 2.19. The summed E-state index contributed by atoms with van der Waals surface area (Å²) in [6.07, 6.45) is 0.141. The van der Waals surface area contributed by atoms with Gasteiger partial charge >= 0.3 is 0 Å². The standard InChI is InChI=1S/C19H22N4O2S/c1-22-16-5-3-2-4-13(16)8-17(22)19(25)21-15-6-7-23(10-18(15)24)9-14-11-26-12-20-14/h2-5,8,11-12,15,18,24H,6-7,9-10H2,1H3,(H,21,25)/t15-,18-/m1/s1. The molecule has 0 spiro atoms. The van der Waals surface area contributed by atoms with E-state index in [4.69, 9.17) is 0 Å². The fourth-order valence-electron chi connectivity index (χ4n) is 3.60. The number of aliphatic hydroxyl groups is 1. The van der Waals surface area contributed by atoms with Gasteiger partial charge in [-0.1, -0.05) is 18.2 Å². The molecule has 3 heterocycles. The first kappa shape index (κ1) is 17.2. The van der Waals surface area contributed by atoms with E-state index in [9.17, 15) is 9.90 Å². The molecule has 1 aliphatic rings. The summed E-state index contributed by atoms with van der Waals surface area (Å²) in [6, 6.07) is 9.59. The van der Waals surface area contributed by atoms with Gasteiger partial charge in [0, 0.05) is 43.0 Å². The van der Waals surface area contributed by atoms with E-state index in [1.54, 1.807) is 11.3 Å². The van der Waals surface area contributed by atoms with Crippen LogP contribution in [0.4, 0.5) is 0 Å². The van der Waals surface area contributed by atoms with Crippen LogP contribution in [0, 0.1) is 0 Å². The summed E-state index contributed by atoms with van der Waals surface area (Å²) in [4.78, 5) is 19.2. The zero-order valence-electron chi connectivity index (χ0n) is 14.6. The topological polar surface area (TPSA) is 70.4 Å². The smallest absolute Gasteiger partial charge is 0.268 e. The molecule has 3 aromatic rings. The quantitative estimate of drug-likeness (QED) is 0.737. The van der Waals surface area contributed by atoms with Crippen molar-refractivity contribution >= 4 is 28.1 Å². The van der Waals surface area contributed by atoms with Crippen molar-refractivity contribution < 1.29 is 9.90 Å². The van der Waals surface area contributed by atoms with E-state index in [1.165, 1.54) is 0 Å². The van der Waals surface area contributed by atoms with E-state index in [1.807, 2.05) is 52.8 Å². The second kappa shape index (κ2) is 7.19. The number of aromatic nitrogens is 2. The van der Waals surface area contributed by atoms with Gasteiger partial charge in [0.05, 0.1) is 23.4 Å². The molecule has 0 aliphatic carbocycles. The molecule has 0 bridgehead atoms. The predicted octanol–water partition coefficient (Wildman–Crippen LogP) is 2.00. The first-order valence-electron chi connectivity index (χ1n) is 8.74. The lowest BCUT2D eigenvalue weighted by Gasteiger charge is -2.35. The van der Waals surface area contributed by atoms with Crippen LogP contribution in [-0.4, -0.2) is 50.7 Å². The average molecular weight is 370 g/mol. The number of nitrogens with zero attached hydrogens (tertiary/aromatic N) is 3. The Morgan fingerprint density at radius 3 is 3.00 bits per heavy atom. The van der Waals surface area contributed by atoms with Crippen molar-refractivity contribution in [2.24, 2.45) is 7.05 Å². The van der Waals surface area contributed by atoms with Crippen LogP contribution in [0.3, 0.4) is 0 Å². The van der Waals surface area contributed by atoms with Gasteiger partial charge in [-0.15, -0.1) is 11.3 Å². The molecule has 6 nitrogen and oxygen atoms in total. The van der Waals surface area contributed by atoms with E-state index >= 15 is 0 Å². The van der Waals surface area contributed by atoms with E-state index in [0.29, 0.717) is 12.2 Å². The van der Waals surface area contributed by atoms with Crippen LogP contribution < -0.4 is 5.32 Å². The van der Waals surface area contributed by atoms with Gasteiger partial charge in [-0.05, 0) is 18.6 Å². The summed E-state index contributed by atoms with van der Waals surface area (Å²) in [5, 5.41) is 16.6. The van der Waals surface area contributed by atoms with Crippen molar-refractivity contribution in [2.75, 3.05) is 13.1 Å². The molecule has 1 fully saturated rings. The Labute approximate surface area is 156 Å². The van der Waals surface area contributed by atoms with Gasteiger partial charge in [-0.3, -0.25) is 9.69 Å². The Bertz CT molecular complexity index is 906. The molecule has 1 saturated heterocycles. The predicted molar refractivity (Wildman–Crippen MR) is 102 cm³/mol. The zero-order chi connectivity index (χ0) is 18.1. The number of aliphatic hydroxyl groups excluding tert-OH is 1. The molecule has 0 radical (unpaired) electrons. The lowest BCUT2D eigenvalue weighted by molar-refractivity contribution is 0.0344. The van der Waals surface area contributed by atoms with Crippen LogP contribution in [0.5, 0.6) is 0 Å². The molecule has 1 aromatic carbocycles. The number of piperidine rings is 1. The third-order valence-electron chi connectivity index (χ3n) is 5.04. The number of rotatable bonds is 4. The van der Waals surface area contributed by atoms with Crippen molar-refractivity contribution in [1.29, 1.82) is 0 Å². The largest absolute Gasteiger partial charge is 0.390 e. The number of carbonyl (C=O) groups is 1. The molecule has 4 rings (SSSR count). The summed E-state index contributed by atoms with van der Waals surface area (Å²) in [5.74, 6) is -0.138. The number of para-hydroxylation sites is 1. The van der Waals surface area contributed by atoms with Gasteiger partial charge in [0.15, 0.2) is 0 Å². The Morgan fingerprint density at radius 2 is 2.27 bits per heavy atom. The maximum Gasteiger partial charge on any atom is 0.268 e. The van der Waals surface area contributed by atoms with Gasteiger partial charge in [-0.25, -0.2) is 4.98 Å². The van der Waals surface area contributed by atoms with E-state index in [-0.39, 0.29) is 11.9 Å². The number of benzene rings is 1. The molecule has 2 N–H and O–H groups in total. The van der Waals surface area contributed by atoms with Crippen LogP contribution >= 0.6 is 11.3 Å². The Balaban J connectivity index is 1.41. The maximum atomic E-state index is 12.7. The number of nitrogens with one attached hydrogen (secondary N) is 1. The summed E-state index contributed by atoms with van der Waals surface area (Å²) in [7, 11) is 1.89. The van der Waals surface area contributed by atoms with Gasteiger partial charge in [-0.2, -0.15) is 0 Å². The molecular weight excluding hydrogens is 348 g/mol. The van der Waals surface area contributed by atoms with Gasteiger partial charge < -0.3 is 15.0 Å². The lowest BCUT2D eigenvalue weighted by Crippen LogP contribution is -2.54. The minimum Gasteiger partial charge on any atom is -0.390 e. The third-order valence-corrected chi connectivity index (χ3v) is 5.67. The zero-order valence-corrected chi connectivity index (χ0v) is 15.4. The minimum atomic E-state index is -0.582. The van der Waals surface area contributed by atoms with Crippen molar-refractivity contribution in [3.8, 4) is 0 Å². The average Bonchev–Trinajstić information content (AvgIpc) is 3.26. The van der Waals surface area contributed by atoms with Crippen LogP contribution in [0.2, 0.25) is 0 Å². The number of fused-ring (bicyclic) bond motifs is 1. The number of carbonyl (C=O) groups excluding carboxylic acids is 1. The molecule has 26 heavy (non-hydrogen) atoms. The first-order chi connectivity index (χ1) is 12.6. The highest BCUT2D eigenvalue weighted by molar-refractivity contribution is 7.07. The maximum absolute atomic E-state index is 12.7. The second-order valence-electron chi connectivity index (χ2n) is 6.80. The number of hydrogen-bond acceptors (Lipinski definition) is 5. The molecule has 2 aromatic heterocycles. The molecule has 0 saturated carbocycles. The van der Waals surface area contributed by atoms with Gasteiger partial charge in [0.2, 0.25) is 0 Å². The van der Waals surface area contributed by atoms with Gasteiger partial charge in [0.1, 0.15) is 5.69 Å². The molecule has 2 atom stereocenters. The Hall–Kier alpha value is -2.22. The first-order valence-corrected chi connectivity index (χ1v) is 9.69. The number of likely N-dealkylation sites (tertiary alicyclic amines) is 1. The lowest BCUT2D eigenvalue weighted by atomic mass is 10.0. The van der Waals surface area contributed by atoms with Crippen LogP contribution in [0.15, 0.2) is 41.2 Å². The molecule has 1 amide bonds. The summed E-state index contributed by atoms with van der Waals surface area (Å²) >= 11 is 1.58. The normalized spacial score (nSPS) is 21.2. The summed E-state index contributed by atoms with van der Waals surface area (Å²) < 4.78 is 1.90. The van der Waals surface area contributed by atoms with E-state index in [2.05, 4.69) is 15.2 Å². The monoisotopic (exact) mass is 370 g/mol. The minimum absolute atomic E-state index is 0.138. The van der Waals surface area contributed by atoms with Crippen molar-refractivity contribution in [3.63, 3.8) is 0 Å². The van der Waals surface area contributed by atoms with Crippen molar-refractivity contribution in [3.05, 3.63) is 52.6 Å². The molecular formula is C19H22N4O2S. The molecule has 136 valence electrons. The Morgan fingerprint density at radius 1 is 1.42 bits per heavy atom. The van der Waals surface area contributed by atoms with Crippen LogP contribution in [0.25, 0.3) is 10.9 Å². The second-order valence-corrected chi connectivity index (χ2v) is 7.52.